The van der Waals surface area contributed by atoms with Crippen LogP contribution in [-0.2, 0) is 9.59 Å². The molecule has 0 heterocycles. The molecule has 0 fully saturated rings. The van der Waals surface area contributed by atoms with Crippen LogP contribution in [0.2, 0.25) is 0 Å². The van der Waals surface area contributed by atoms with Crippen LogP contribution in [0.5, 0.6) is 0 Å². The molecule has 0 spiro atoms. The van der Waals surface area contributed by atoms with Crippen LogP contribution in [-0.4, -0.2) is 18.0 Å². The van der Waals surface area contributed by atoms with Crippen molar-refractivity contribution < 1.29 is 9.59 Å². The minimum absolute atomic E-state index is 0.0618. The highest BCUT2D eigenvalue weighted by Gasteiger charge is 2.08. The van der Waals surface area contributed by atoms with Gasteiger partial charge in [0.05, 0.1) is 6.21 Å². The molecule has 2 N–H and O–H groups in total. The summed E-state index contributed by atoms with van der Waals surface area (Å²) >= 11 is 0. The Bertz CT molecular complexity index is 1180. The molecule has 0 bridgehead atoms. The zero-order valence-electron chi connectivity index (χ0n) is 16.3. The fourth-order valence-electron chi connectivity index (χ4n) is 3.38. The van der Waals surface area contributed by atoms with Gasteiger partial charge in [0.2, 0.25) is 11.8 Å². The van der Waals surface area contributed by atoms with E-state index in [1.165, 1.54) is 0 Å². The van der Waals surface area contributed by atoms with Crippen molar-refractivity contribution in [3.8, 4) is 0 Å². The number of nitrogens with one attached hydrogen (secondary N) is 2. The molecular formula is C25H21N3O2. The van der Waals surface area contributed by atoms with E-state index in [9.17, 15) is 9.59 Å². The highest BCUT2D eigenvalue weighted by atomic mass is 16.2. The van der Waals surface area contributed by atoms with Crippen molar-refractivity contribution in [2.45, 2.75) is 12.8 Å². The van der Waals surface area contributed by atoms with Gasteiger partial charge in [0.15, 0.2) is 0 Å². The summed E-state index contributed by atoms with van der Waals surface area (Å²) in [6, 6.07) is 27.5. The second-order valence-corrected chi connectivity index (χ2v) is 6.94. The Morgan fingerprint density at radius 2 is 1.30 bits per heavy atom. The predicted octanol–water partition coefficient (Wildman–Crippen LogP) is 4.86. The lowest BCUT2D eigenvalue weighted by Crippen LogP contribution is -2.20. The van der Waals surface area contributed by atoms with Crippen LogP contribution < -0.4 is 10.7 Å². The molecule has 0 unspecified atom stereocenters. The normalized spacial score (nSPS) is 11.1. The summed E-state index contributed by atoms with van der Waals surface area (Å²) in [5.41, 5.74) is 4.19. The third-order valence-corrected chi connectivity index (χ3v) is 4.83. The van der Waals surface area contributed by atoms with Gasteiger partial charge in [-0.15, -0.1) is 0 Å². The van der Waals surface area contributed by atoms with Crippen LogP contribution in [0, 0.1) is 0 Å². The summed E-state index contributed by atoms with van der Waals surface area (Å²) in [5, 5.41) is 11.3. The molecule has 2 amide bonds. The Hall–Kier alpha value is -3.99. The first kappa shape index (κ1) is 19.3. The summed E-state index contributed by atoms with van der Waals surface area (Å²) < 4.78 is 0. The fraction of sp³-hybridized carbons (Fsp3) is 0.0800. The first-order valence-corrected chi connectivity index (χ1v) is 9.78. The monoisotopic (exact) mass is 395 g/mol. The topological polar surface area (TPSA) is 70.6 Å². The van der Waals surface area contributed by atoms with Gasteiger partial charge in [-0.2, -0.15) is 5.10 Å². The van der Waals surface area contributed by atoms with Gasteiger partial charge in [0.25, 0.3) is 0 Å². The number of para-hydroxylation sites is 1. The first-order chi connectivity index (χ1) is 14.7. The highest BCUT2D eigenvalue weighted by Crippen LogP contribution is 2.27. The molecule has 5 heteroatoms. The van der Waals surface area contributed by atoms with Crippen LogP contribution in [0.25, 0.3) is 21.5 Å². The van der Waals surface area contributed by atoms with E-state index in [4.69, 9.17) is 0 Å². The number of hydrazone groups is 1. The third-order valence-electron chi connectivity index (χ3n) is 4.83. The van der Waals surface area contributed by atoms with E-state index in [1.807, 2.05) is 54.6 Å². The molecule has 0 atom stereocenters. The van der Waals surface area contributed by atoms with Crippen molar-refractivity contribution in [3.05, 3.63) is 90.5 Å². The molecule has 4 rings (SSSR count). The summed E-state index contributed by atoms with van der Waals surface area (Å²) in [7, 11) is 0. The smallest absolute Gasteiger partial charge is 0.240 e. The maximum absolute atomic E-state index is 12.1. The van der Waals surface area contributed by atoms with Gasteiger partial charge in [0, 0.05) is 24.1 Å². The van der Waals surface area contributed by atoms with Gasteiger partial charge in [-0.1, -0.05) is 66.7 Å². The Morgan fingerprint density at radius 3 is 1.97 bits per heavy atom. The molecule has 0 aromatic heterocycles. The zero-order chi connectivity index (χ0) is 20.8. The van der Waals surface area contributed by atoms with E-state index in [1.54, 1.807) is 18.3 Å². The summed E-state index contributed by atoms with van der Waals surface area (Å²) in [5.74, 6) is -0.514. The van der Waals surface area contributed by atoms with Crippen molar-refractivity contribution in [2.24, 2.45) is 5.10 Å². The number of carbonyl (C=O) groups is 2. The Morgan fingerprint density at radius 1 is 0.733 bits per heavy atom. The summed E-state index contributed by atoms with van der Waals surface area (Å²) in [4.78, 5) is 24.1. The highest BCUT2D eigenvalue weighted by molar-refractivity contribution is 6.13. The Labute approximate surface area is 174 Å². The number of hydrogen-bond donors (Lipinski definition) is 2. The van der Waals surface area contributed by atoms with Gasteiger partial charge in [-0.05, 0) is 39.7 Å². The molecule has 30 heavy (non-hydrogen) atoms. The number of rotatable bonds is 6. The van der Waals surface area contributed by atoms with E-state index in [-0.39, 0.29) is 24.7 Å². The Kier molecular flexibility index (Phi) is 5.80. The molecule has 5 nitrogen and oxygen atoms in total. The van der Waals surface area contributed by atoms with E-state index in [2.05, 4.69) is 34.0 Å². The SMILES string of the molecule is O=C(CCC(=O)Nc1ccccc1)NN=Cc1c2ccccc2cc2ccccc12. The van der Waals surface area contributed by atoms with Gasteiger partial charge >= 0.3 is 0 Å². The molecule has 0 aliphatic heterocycles. The minimum atomic E-state index is -0.306. The average molecular weight is 395 g/mol. The maximum atomic E-state index is 12.1. The molecule has 4 aromatic rings. The van der Waals surface area contributed by atoms with Gasteiger partial charge in [-0.25, -0.2) is 5.43 Å². The zero-order valence-corrected chi connectivity index (χ0v) is 16.3. The molecule has 148 valence electrons. The Balaban J connectivity index is 1.42. The number of carbonyl (C=O) groups excluding carboxylic acids is 2. The maximum Gasteiger partial charge on any atom is 0.240 e. The fourth-order valence-corrected chi connectivity index (χ4v) is 3.38. The van der Waals surface area contributed by atoms with Gasteiger partial charge < -0.3 is 5.32 Å². The molecule has 0 saturated carbocycles. The largest absolute Gasteiger partial charge is 0.326 e. The summed E-state index contributed by atoms with van der Waals surface area (Å²) in [6.07, 6.45) is 1.83. The van der Waals surface area contributed by atoms with Gasteiger partial charge in [-0.3, -0.25) is 9.59 Å². The van der Waals surface area contributed by atoms with Crippen molar-refractivity contribution in [1.82, 2.24) is 5.43 Å². The van der Waals surface area contributed by atoms with E-state index in [0.29, 0.717) is 5.69 Å². The molecule has 0 aliphatic carbocycles. The number of amides is 2. The number of benzene rings is 4. The molecule has 4 aromatic carbocycles. The number of hydrogen-bond acceptors (Lipinski definition) is 3. The van der Waals surface area contributed by atoms with Crippen molar-refractivity contribution in [3.63, 3.8) is 0 Å². The number of nitrogens with zero attached hydrogens (tertiary/aromatic N) is 1. The third kappa shape index (κ3) is 4.52. The standard InChI is InChI=1S/C25H21N3O2/c29-24(27-20-10-2-1-3-11-20)14-15-25(30)28-26-17-23-21-12-6-4-8-18(21)16-19-9-5-7-13-22(19)23/h1-13,16-17H,14-15H2,(H,27,29)(H,28,30). The van der Waals surface area contributed by atoms with Crippen molar-refractivity contribution in [1.29, 1.82) is 0 Å². The average Bonchev–Trinajstić information content (AvgIpc) is 2.78. The lowest BCUT2D eigenvalue weighted by Gasteiger charge is -2.08. The van der Waals surface area contributed by atoms with Crippen molar-refractivity contribution >= 4 is 45.3 Å². The molecule has 0 saturated heterocycles. The number of anilines is 1. The van der Waals surface area contributed by atoms with Crippen LogP contribution in [0.15, 0.2) is 90.0 Å². The molecule has 0 radical (unpaired) electrons. The lowest BCUT2D eigenvalue weighted by molar-refractivity contribution is -0.124. The van der Waals surface area contributed by atoms with E-state index >= 15 is 0 Å². The summed E-state index contributed by atoms with van der Waals surface area (Å²) in [6.45, 7) is 0. The first-order valence-electron chi connectivity index (χ1n) is 9.78. The lowest BCUT2D eigenvalue weighted by atomic mass is 9.97. The minimum Gasteiger partial charge on any atom is -0.326 e. The van der Waals surface area contributed by atoms with Gasteiger partial charge in [0.1, 0.15) is 0 Å². The number of fused-ring (bicyclic) bond motifs is 2. The van der Waals surface area contributed by atoms with E-state index in [0.717, 1.165) is 27.1 Å². The van der Waals surface area contributed by atoms with Crippen molar-refractivity contribution in [2.75, 3.05) is 5.32 Å². The van der Waals surface area contributed by atoms with Crippen LogP contribution in [0.4, 0.5) is 5.69 Å². The van der Waals surface area contributed by atoms with Crippen LogP contribution in [0.1, 0.15) is 18.4 Å². The van der Waals surface area contributed by atoms with Crippen LogP contribution >= 0.6 is 0 Å². The quantitative estimate of drug-likeness (QED) is 0.278. The second kappa shape index (κ2) is 9.01. The van der Waals surface area contributed by atoms with E-state index < -0.39 is 0 Å². The second-order valence-electron chi connectivity index (χ2n) is 6.94. The molecule has 0 aliphatic rings. The predicted molar refractivity (Wildman–Crippen MR) is 121 cm³/mol. The molecular weight excluding hydrogens is 374 g/mol. The van der Waals surface area contributed by atoms with Crippen LogP contribution in [0.3, 0.4) is 0 Å².